The molecule has 1 unspecified atom stereocenters. The van der Waals surface area contributed by atoms with Crippen molar-refractivity contribution in [2.24, 2.45) is 11.3 Å². The zero-order chi connectivity index (χ0) is 23.4. The topological polar surface area (TPSA) is 112 Å². The Labute approximate surface area is 187 Å². The number of nitrogens with zero attached hydrogens (tertiary/aromatic N) is 1. The van der Waals surface area contributed by atoms with E-state index >= 15 is 0 Å². The molecular formula is C25H29NO6. The lowest BCUT2D eigenvalue weighted by Gasteiger charge is -2.39. The standard InChI is InChI=1S/C25H29NO6/c1-14-12-18-21(15(2)25(9-10-25)24(3,32)22(18)29)17(14)13-16(23(30)31)6-4-5-11-26-19(27)7-8-20(26)28/h7-8,12,16,32H,4-6,9-11,13H2,1-3H3,(H,30,31)/t16-,24?/m1/s1. The number of Topliss-reactive ketones (excluding diaryl/α,β-unsaturated/α-hetero) is 1. The van der Waals surface area contributed by atoms with Crippen molar-refractivity contribution in [3.8, 4) is 0 Å². The van der Waals surface area contributed by atoms with E-state index in [9.17, 15) is 29.4 Å². The van der Waals surface area contributed by atoms with E-state index in [0.29, 0.717) is 31.3 Å². The maximum Gasteiger partial charge on any atom is 0.306 e. The van der Waals surface area contributed by atoms with Gasteiger partial charge >= 0.3 is 5.97 Å². The minimum Gasteiger partial charge on any atom is -0.481 e. The molecule has 4 aliphatic rings. The Morgan fingerprint density at radius 1 is 1.12 bits per heavy atom. The Morgan fingerprint density at radius 2 is 1.75 bits per heavy atom. The van der Waals surface area contributed by atoms with Crippen molar-refractivity contribution >= 4 is 23.6 Å². The van der Waals surface area contributed by atoms with E-state index in [-0.39, 0.29) is 24.1 Å². The zero-order valence-corrected chi connectivity index (χ0v) is 18.7. The number of hydrogen-bond donors (Lipinski definition) is 2. The van der Waals surface area contributed by atoms with Gasteiger partial charge in [0.25, 0.3) is 11.8 Å². The van der Waals surface area contributed by atoms with Crippen molar-refractivity contribution in [2.45, 2.75) is 64.9 Å². The van der Waals surface area contributed by atoms with Crippen LogP contribution in [0.2, 0.25) is 0 Å². The average Bonchev–Trinajstić information content (AvgIpc) is 3.41. The molecule has 1 fully saturated rings. The fraction of sp³-hybridized carbons (Fsp3) is 0.520. The Balaban J connectivity index is 1.47. The van der Waals surface area contributed by atoms with E-state index in [4.69, 9.17) is 0 Å². The smallest absolute Gasteiger partial charge is 0.306 e. The first kappa shape index (κ1) is 22.4. The molecule has 2 N–H and O–H groups in total. The Kier molecular flexibility index (Phi) is 5.36. The summed E-state index contributed by atoms with van der Waals surface area (Å²) in [4.78, 5) is 49.5. The molecule has 32 heavy (non-hydrogen) atoms. The van der Waals surface area contributed by atoms with Crippen LogP contribution < -0.4 is 0 Å². The predicted octanol–water partition coefficient (Wildman–Crippen LogP) is 2.86. The van der Waals surface area contributed by atoms with Gasteiger partial charge in [-0.05, 0) is 75.7 Å². The lowest BCUT2D eigenvalue weighted by atomic mass is 9.66. The van der Waals surface area contributed by atoms with Crippen LogP contribution in [0, 0.1) is 11.3 Å². The first-order valence-corrected chi connectivity index (χ1v) is 11.2. The SMILES string of the molecule is CC1=C(C[C@@H](CCCCN2C(=O)C=CC2=O)C(=O)O)C2=C(C)C3(CC3)C(C)(O)C(=O)C2=C1. The number of ketones is 1. The van der Waals surface area contributed by atoms with E-state index in [2.05, 4.69) is 0 Å². The molecule has 4 rings (SSSR count). The van der Waals surface area contributed by atoms with Crippen molar-refractivity contribution in [3.05, 3.63) is 46.1 Å². The number of aliphatic carboxylic acids is 1. The van der Waals surface area contributed by atoms with Crippen molar-refractivity contribution in [1.29, 1.82) is 0 Å². The number of imide groups is 1. The molecule has 1 aliphatic heterocycles. The summed E-state index contributed by atoms with van der Waals surface area (Å²) in [5.74, 6) is -2.47. The Hall–Kier alpha value is -2.80. The number of hydrogen-bond acceptors (Lipinski definition) is 5. The van der Waals surface area contributed by atoms with Crippen molar-refractivity contribution < 1.29 is 29.4 Å². The van der Waals surface area contributed by atoms with Gasteiger partial charge in [0, 0.05) is 29.7 Å². The number of carbonyl (C=O) groups is 4. The Morgan fingerprint density at radius 3 is 2.31 bits per heavy atom. The lowest BCUT2D eigenvalue weighted by Crippen LogP contribution is -2.49. The second-order valence-electron chi connectivity index (χ2n) is 9.60. The first-order valence-electron chi connectivity index (χ1n) is 11.2. The van der Waals surface area contributed by atoms with Crippen LogP contribution >= 0.6 is 0 Å². The van der Waals surface area contributed by atoms with Crippen LogP contribution in [0.1, 0.15) is 59.3 Å². The third kappa shape index (κ3) is 3.30. The lowest BCUT2D eigenvalue weighted by molar-refractivity contribution is -0.142. The van der Waals surface area contributed by atoms with Crippen LogP contribution in [0.25, 0.3) is 0 Å². The van der Waals surface area contributed by atoms with Crippen LogP contribution in [0.5, 0.6) is 0 Å². The quantitative estimate of drug-likeness (QED) is 0.444. The molecule has 1 spiro atoms. The fourth-order valence-corrected chi connectivity index (χ4v) is 5.55. The van der Waals surface area contributed by atoms with Gasteiger partial charge in [0.2, 0.25) is 0 Å². The second kappa shape index (κ2) is 7.66. The van der Waals surface area contributed by atoms with Gasteiger partial charge in [-0.15, -0.1) is 0 Å². The minimum atomic E-state index is -1.42. The van der Waals surface area contributed by atoms with Crippen LogP contribution in [0.4, 0.5) is 0 Å². The van der Waals surface area contributed by atoms with Gasteiger partial charge in [0.15, 0.2) is 5.78 Å². The van der Waals surface area contributed by atoms with Gasteiger partial charge in [-0.25, -0.2) is 0 Å². The minimum absolute atomic E-state index is 0.273. The zero-order valence-electron chi connectivity index (χ0n) is 18.7. The van der Waals surface area contributed by atoms with E-state index < -0.39 is 22.9 Å². The van der Waals surface area contributed by atoms with Gasteiger partial charge in [-0.2, -0.15) is 0 Å². The van der Waals surface area contributed by atoms with Crippen molar-refractivity contribution in [3.63, 3.8) is 0 Å². The number of rotatable bonds is 8. The van der Waals surface area contributed by atoms with E-state index in [1.54, 1.807) is 13.0 Å². The molecular weight excluding hydrogens is 410 g/mol. The third-order valence-corrected chi connectivity index (χ3v) is 7.75. The molecule has 0 radical (unpaired) electrons. The summed E-state index contributed by atoms with van der Waals surface area (Å²) >= 11 is 0. The molecule has 0 aromatic rings. The number of allylic oxidation sites excluding steroid dienone is 4. The maximum absolute atomic E-state index is 13.1. The maximum atomic E-state index is 13.1. The highest BCUT2D eigenvalue weighted by atomic mass is 16.4. The predicted molar refractivity (Wildman–Crippen MR) is 116 cm³/mol. The average molecular weight is 440 g/mol. The highest BCUT2D eigenvalue weighted by molar-refractivity contribution is 6.13. The molecule has 7 heteroatoms. The van der Waals surface area contributed by atoms with Gasteiger partial charge in [0.1, 0.15) is 5.60 Å². The summed E-state index contributed by atoms with van der Waals surface area (Å²) in [7, 11) is 0. The summed E-state index contributed by atoms with van der Waals surface area (Å²) in [5.41, 5.74) is 2.13. The third-order valence-electron chi connectivity index (χ3n) is 7.75. The molecule has 170 valence electrons. The van der Waals surface area contributed by atoms with Gasteiger partial charge in [0.05, 0.1) is 5.92 Å². The number of carbonyl (C=O) groups excluding carboxylic acids is 3. The summed E-state index contributed by atoms with van der Waals surface area (Å²) in [6.07, 6.45) is 7.61. The molecule has 0 saturated heterocycles. The Bertz CT molecular complexity index is 1030. The first-order chi connectivity index (χ1) is 15.0. The van der Waals surface area contributed by atoms with Gasteiger partial charge in [-0.3, -0.25) is 24.1 Å². The molecule has 2 atom stereocenters. The van der Waals surface area contributed by atoms with Crippen LogP contribution in [0.15, 0.2) is 46.1 Å². The second-order valence-corrected chi connectivity index (χ2v) is 9.60. The number of unbranched alkanes of at least 4 members (excludes halogenated alkanes) is 1. The summed E-state index contributed by atoms with van der Waals surface area (Å²) < 4.78 is 0. The molecule has 3 aliphatic carbocycles. The van der Waals surface area contributed by atoms with Gasteiger partial charge < -0.3 is 10.2 Å². The fourth-order valence-electron chi connectivity index (χ4n) is 5.55. The summed E-state index contributed by atoms with van der Waals surface area (Å²) in [6.45, 7) is 5.73. The van der Waals surface area contributed by atoms with E-state index in [0.717, 1.165) is 35.1 Å². The highest BCUT2D eigenvalue weighted by Crippen LogP contribution is 2.65. The highest BCUT2D eigenvalue weighted by Gasteiger charge is 2.65. The molecule has 7 nitrogen and oxygen atoms in total. The van der Waals surface area contributed by atoms with Gasteiger partial charge in [-0.1, -0.05) is 12.0 Å². The van der Waals surface area contributed by atoms with Crippen LogP contribution in [-0.2, 0) is 19.2 Å². The number of amides is 2. The normalized spacial score (nSPS) is 26.9. The number of carboxylic acids is 1. The van der Waals surface area contributed by atoms with Crippen molar-refractivity contribution in [2.75, 3.05) is 6.54 Å². The number of aliphatic hydroxyl groups is 1. The molecule has 0 bridgehead atoms. The van der Waals surface area contributed by atoms with E-state index in [1.807, 2.05) is 13.8 Å². The summed E-state index contributed by atoms with van der Waals surface area (Å²) in [6, 6.07) is 0. The molecule has 1 saturated carbocycles. The number of fused-ring (bicyclic) bond motifs is 1. The molecule has 0 aromatic carbocycles. The molecule has 1 heterocycles. The van der Waals surface area contributed by atoms with Crippen LogP contribution in [-0.4, -0.2) is 50.8 Å². The van der Waals surface area contributed by atoms with Crippen molar-refractivity contribution in [1.82, 2.24) is 4.90 Å². The molecule has 0 aromatic heterocycles. The van der Waals surface area contributed by atoms with E-state index in [1.165, 1.54) is 17.1 Å². The molecule has 2 amide bonds. The number of carboxylic acid groups (broad SMARTS) is 1. The largest absolute Gasteiger partial charge is 0.481 e. The van der Waals surface area contributed by atoms with Crippen LogP contribution in [0.3, 0.4) is 0 Å². The summed E-state index contributed by atoms with van der Waals surface area (Å²) in [5, 5.41) is 20.8. The monoisotopic (exact) mass is 439 g/mol.